The second kappa shape index (κ2) is 8.50. The molecule has 1 amide bonds. The maximum absolute atomic E-state index is 15.0. The van der Waals surface area contributed by atoms with E-state index in [0.29, 0.717) is 34.4 Å². The maximum atomic E-state index is 15.0. The van der Waals surface area contributed by atoms with Gasteiger partial charge in [-0.2, -0.15) is 4.39 Å². The van der Waals surface area contributed by atoms with Gasteiger partial charge in [0.2, 0.25) is 5.95 Å². The van der Waals surface area contributed by atoms with Gasteiger partial charge in [-0.25, -0.2) is 9.37 Å². The molecule has 4 nitrogen and oxygen atoms in total. The number of rotatable bonds is 5. The minimum Gasteiger partial charge on any atom is -0.338 e. The lowest BCUT2D eigenvalue weighted by molar-refractivity contribution is 0.0434. The van der Waals surface area contributed by atoms with Gasteiger partial charge in [-0.15, -0.1) is 0 Å². The van der Waals surface area contributed by atoms with E-state index in [1.807, 2.05) is 0 Å². The van der Waals surface area contributed by atoms with Crippen LogP contribution in [0.15, 0.2) is 36.4 Å². The molecule has 0 aliphatic carbocycles. The number of amides is 1. The molecule has 1 saturated heterocycles. The van der Waals surface area contributed by atoms with Gasteiger partial charge in [-0.05, 0) is 30.3 Å². The van der Waals surface area contributed by atoms with Gasteiger partial charge in [0.25, 0.3) is 5.91 Å². The highest BCUT2D eigenvalue weighted by atomic mass is 35.5. The van der Waals surface area contributed by atoms with Crippen LogP contribution < -0.4 is 5.32 Å². The Kier molecular flexibility index (Phi) is 6.29. The Bertz CT molecular complexity index is 826. The summed E-state index contributed by atoms with van der Waals surface area (Å²) in [7, 11) is 0. The van der Waals surface area contributed by atoms with Crippen molar-refractivity contribution >= 4 is 29.1 Å². The first-order valence-electron chi connectivity index (χ1n) is 8.62. The van der Waals surface area contributed by atoms with E-state index < -0.39 is 11.6 Å². The first-order valence-corrected chi connectivity index (χ1v) is 9.37. The average molecular weight is 414 g/mol. The Balaban J connectivity index is 1.51. The van der Waals surface area contributed by atoms with E-state index in [0.717, 1.165) is 0 Å². The number of piperidine rings is 1. The van der Waals surface area contributed by atoms with Crippen molar-refractivity contribution in [3.05, 3.63) is 63.6 Å². The number of nitrogens with zero attached hydrogens (tertiary/aromatic N) is 2. The number of alkyl halides is 1. The summed E-state index contributed by atoms with van der Waals surface area (Å²) in [5.74, 6) is -0.745. The van der Waals surface area contributed by atoms with Crippen LogP contribution in [0.4, 0.5) is 8.78 Å². The Morgan fingerprint density at radius 2 is 1.93 bits per heavy atom. The van der Waals surface area contributed by atoms with Crippen LogP contribution in [0.25, 0.3) is 0 Å². The number of carbonyl (C=O) groups is 1. The molecule has 8 heteroatoms. The van der Waals surface area contributed by atoms with Gasteiger partial charge >= 0.3 is 0 Å². The first kappa shape index (κ1) is 20.0. The van der Waals surface area contributed by atoms with E-state index in [-0.39, 0.29) is 31.8 Å². The molecule has 0 spiro atoms. The van der Waals surface area contributed by atoms with Crippen LogP contribution in [-0.4, -0.2) is 41.1 Å². The van der Waals surface area contributed by atoms with E-state index in [4.69, 9.17) is 23.2 Å². The number of hydrogen-bond donors (Lipinski definition) is 1. The topological polar surface area (TPSA) is 45.2 Å². The Morgan fingerprint density at radius 1 is 1.19 bits per heavy atom. The van der Waals surface area contributed by atoms with Crippen molar-refractivity contribution in [2.24, 2.45) is 0 Å². The molecule has 1 fully saturated rings. The Hall–Kier alpha value is -1.76. The predicted molar refractivity (Wildman–Crippen MR) is 101 cm³/mol. The molecule has 1 aromatic heterocycles. The number of aromatic nitrogens is 1. The smallest absolute Gasteiger partial charge is 0.253 e. The molecule has 144 valence electrons. The van der Waals surface area contributed by atoms with Crippen molar-refractivity contribution in [2.45, 2.75) is 25.1 Å². The van der Waals surface area contributed by atoms with Crippen LogP contribution in [0.2, 0.25) is 10.0 Å². The quantitative estimate of drug-likeness (QED) is 0.744. The van der Waals surface area contributed by atoms with E-state index in [1.54, 1.807) is 29.2 Å². The minimum absolute atomic E-state index is 0.125. The van der Waals surface area contributed by atoms with Crippen molar-refractivity contribution in [3.8, 4) is 0 Å². The lowest BCUT2D eigenvalue weighted by Crippen LogP contribution is -2.48. The summed E-state index contributed by atoms with van der Waals surface area (Å²) in [5, 5.41) is 3.69. The van der Waals surface area contributed by atoms with Crippen LogP contribution in [0, 0.1) is 5.95 Å². The monoisotopic (exact) mass is 413 g/mol. The van der Waals surface area contributed by atoms with Gasteiger partial charge in [0, 0.05) is 44.6 Å². The summed E-state index contributed by atoms with van der Waals surface area (Å²) < 4.78 is 28.0. The molecular weight excluding hydrogens is 395 g/mol. The Labute approximate surface area is 166 Å². The second-order valence-electron chi connectivity index (χ2n) is 6.63. The summed E-state index contributed by atoms with van der Waals surface area (Å²) in [5.41, 5.74) is -0.459. The number of hydrogen-bond acceptors (Lipinski definition) is 3. The number of benzene rings is 1. The lowest BCUT2D eigenvalue weighted by atomic mass is 9.92. The van der Waals surface area contributed by atoms with Crippen molar-refractivity contribution in [2.75, 3.05) is 19.6 Å². The molecule has 1 N–H and O–H groups in total. The van der Waals surface area contributed by atoms with Crippen LogP contribution in [0.3, 0.4) is 0 Å². The molecule has 0 unspecified atom stereocenters. The Morgan fingerprint density at radius 3 is 2.59 bits per heavy atom. The van der Waals surface area contributed by atoms with E-state index in [1.165, 1.54) is 12.1 Å². The molecule has 2 heterocycles. The van der Waals surface area contributed by atoms with Crippen LogP contribution in [0.5, 0.6) is 0 Å². The van der Waals surface area contributed by atoms with E-state index >= 15 is 0 Å². The van der Waals surface area contributed by atoms with E-state index in [2.05, 4.69) is 10.3 Å². The molecule has 2 aromatic rings. The fraction of sp³-hybridized carbons (Fsp3) is 0.368. The third-order valence-corrected chi connectivity index (χ3v) is 5.37. The molecule has 0 saturated carbocycles. The molecule has 1 aliphatic heterocycles. The molecule has 27 heavy (non-hydrogen) atoms. The summed E-state index contributed by atoms with van der Waals surface area (Å²) >= 11 is 11.8. The van der Waals surface area contributed by atoms with Crippen LogP contribution in [0.1, 0.15) is 28.9 Å². The zero-order valence-electron chi connectivity index (χ0n) is 14.5. The summed E-state index contributed by atoms with van der Waals surface area (Å²) in [6, 6.07) is 9.22. The number of pyridine rings is 1. The fourth-order valence-corrected chi connectivity index (χ4v) is 3.36. The third-order valence-electron chi connectivity index (χ3n) is 4.63. The second-order valence-corrected chi connectivity index (χ2v) is 7.44. The van der Waals surface area contributed by atoms with Crippen LogP contribution in [-0.2, 0) is 6.54 Å². The van der Waals surface area contributed by atoms with Crippen molar-refractivity contribution in [3.63, 3.8) is 0 Å². The predicted octanol–water partition coefficient (Wildman–Crippen LogP) is 4.26. The SMILES string of the molecule is O=C(c1ccc(Cl)c(Cl)c1)N1CCC(F)(CNCc2cccc(F)n2)CC1. The maximum Gasteiger partial charge on any atom is 0.253 e. The third kappa shape index (κ3) is 5.15. The molecule has 1 aliphatic rings. The lowest BCUT2D eigenvalue weighted by Gasteiger charge is -2.36. The number of nitrogens with one attached hydrogen (secondary N) is 1. The van der Waals surface area contributed by atoms with Gasteiger partial charge in [-0.3, -0.25) is 4.79 Å². The van der Waals surface area contributed by atoms with Crippen LogP contribution >= 0.6 is 23.2 Å². The first-order chi connectivity index (χ1) is 12.9. The standard InChI is InChI=1S/C19H19Cl2F2N3O/c20-15-5-4-13(10-16(15)21)18(27)26-8-6-19(23,7-9-26)12-24-11-14-2-1-3-17(22)25-14/h1-5,10,24H,6-9,11-12H2. The van der Waals surface area contributed by atoms with Gasteiger partial charge in [0.1, 0.15) is 5.67 Å². The molecule has 1 aromatic carbocycles. The summed E-state index contributed by atoms with van der Waals surface area (Å²) in [4.78, 5) is 17.9. The van der Waals surface area contributed by atoms with Crippen molar-refractivity contribution in [1.29, 1.82) is 0 Å². The normalized spacial score (nSPS) is 16.4. The number of likely N-dealkylation sites (tertiary alicyclic amines) is 1. The largest absolute Gasteiger partial charge is 0.338 e. The van der Waals surface area contributed by atoms with Gasteiger partial charge in [0.05, 0.1) is 15.7 Å². The van der Waals surface area contributed by atoms with Crippen molar-refractivity contribution in [1.82, 2.24) is 15.2 Å². The fourth-order valence-electron chi connectivity index (χ4n) is 3.06. The summed E-state index contributed by atoms with van der Waals surface area (Å²) in [6.45, 7) is 1.04. The van der Waals surface area contributed by atoms with Gasteiger partial charge < -0.3 is 10.2 Å². The molecule has 0 radical (unpaired) electrons. The van der Waals surface area contributed by atoms with Gasteiger partial charge in [-0.1, -0.05) is 29.3 Å². The highest BCUT2D eigenvalue weighted by molar-refractivity contribution is 6.42. The highest BCUT2D eigenvalue weighted by Crippen LogP contribution is 2.28. The summed E-state index contributed by atoms with van der Waals surface area (Å²) in [6.07, 6.45) is 0.452. The van der Waals surface area contributed by atoms with Gasteiger partial charge in [0.15, 0.2) is 0 Å². The van der Waals surface area contributed by atoms with Crippen molar-refractivity contribution < 1.29 is 13.6 Å². The minimum atomic E-state index is -1.41. The van der Waals surface area contributed by atoms with E-state index in [9.17, 15) is 13.6 Å². The number of halogens is 4. The molecular formula is C19H19Cl2F2N3O. The zero-order valence-corrected chi connectivity index (χ0v) is 16.0. The molecule has 0 atom stereocenters. The molecule has 3 rings (SSSR count). The average Bonchev–Trinajstić information content (AvgIpc) is 2.64. The molecule has 0 bridgehead atoms. The number of carbonyl (C=O) groups excluding carboxylic acids is 1. The highest BCUT2D eigenvalue weighted by Gasteiger charge is 2.35. The zero-order chi connectivity index (χ0) is 19.4.